The maximum Gasteiger partial charge on any atom is 0.262 e. The Morgan fingerprint density at radius 2 is 1.77 bits per heavy atom. The highest BCUT2D eigenvalue weighted by Crippen LogP contribution is 2.20. The molecule has 0 saturated heterocycles. The lowest BCUT2D eigenvalue weighted by Gasteiger charge is -2.09. The third-order valence-electron chi connectivity index (χ3n) is 2.71. The summed E-state index contributed by atoms with van der Waals surface area (Å²) in [6.07, 6.45) is 0. The summed E-state index contributed by atoms with van der Waals surface area (Å²) >= 11 is 5.64. The van der Waals surface area contributed by atoms with Crippen molar-refractivity contribution in [3.8, 4) is 11.5 Å². The molecule has 0 unspecified atom stereocenters. The first-order valence-corrected chi connectivity index (χ1v) is 7.07. The van der Waals surface area contributed by atoms with E-state index in [9.17, 15) is 9.18 Å². The van der Waals surface area contributed by atoms with Gasteiger partial charge in [0.05, 0.1) is 11.6 Å². The van der Waals surface area contributed by atoms with Gasteiger partial charge in [0.2, 0.25) is 0 Å². The fraction of sp³-hybridized carbons (Fsp3) is 0.188. The summed E-state index contributed by atoms with van der Waals surface area (Å²) in [5, 5.41) is 2.52. The zero-order valence-corrected chi connectivity index (χ0v) is 12.7. The Balaban J connectivity index is 1.85. The largest absolute Gasteiger partial charge is 0.494 e. The van der Waals surface area contributed by atoms with Gasteiger partial charge >= 0.3 is 0 Å². The van der Waals surface area contributed by atoms with Gasteiger partial charge in [-0.3, -0.25) is 4.79 Å². The van der Waals surface area contributed by atoms with Crippen molar-refractivity contribution in [3.63, 3.8) is 0 Å². The Labute approximate surface area is 132 Å². The molecule has 2 aromatic carbocycles. The van der Waals surface area contributed by atoms with Crippen LogP contribution in [0.1, 0.15) is 6.92 Å². The number of carbonyl (C=O) groups is 1. The minimum absolute atomic E-state index is 0.0507. The van der Waals surface area contributed by atoms with E-state index < -0.39 is 5.82 Å². The molecular weight excluding hydrogens is 309 g/mol. The van der Waals surface area contributed by atoms with Crippen LogP contribution in [0.5, 0.6) is 11.5 Å². The third kappa shape index (κ3) is 4.63. The monoisotopic (exact) mass is 323 g/mol. The quantitative estimate of drug-likeness (QED) is 0.877. The molecule has 0 aromatic heterocycles. The molecule has 6 heteroatoms. The molecule has 0 aliphatic rings. The highest BCUT2D eigenvalue weighted by atomic mass is 35.5. The molecule has 2 rings (SSSR count). The first-order chi connectivity index (χ1) is 10.6. The number of hydrogen-bond donors (Lipinski definition) is 1. The van der Waals surface area contributed by atoms with E-state index >= 15 is 0 Å². The van der Waals surface area contributed by atoms with Crippen LogP contribution in [-0.2, 0) is 4.79 Å². The van der Waals surface area contributed by atoms with E-state index in [0.717, 1.165) is 5.75 Å². The van der Waals surface area contributed by atoms with Gasteiger partial charge in [0.15, 0.2) is 6.61 Å². The van der Waals surface area contributed by atoms with Crippen LogP contribution in [0.15, 0.2) is 42.5 Å². The van der Waals surface area contributed by atoms with Gasteiger partial charge in [0, 0.05) is 5.69 Å². The van der Waals surface area contributed by atoms with Gasteiger partial charge in [-0.1, -0.05) is 11.6 Å². The van der Waals surface area contributed by atoms with Crippen LogP contribution < -0.4 is 14.8 Å². The highest BCUT2D eigenvalue weighted by Gasteiger charge is 2.06. The fourth-order valence-electron chi connectivity index (χ4n) is 1.72. The summed E-state index contributed by atoms with van der Waals surface area (Å²) in [7, 11) is 0. The molecule has 116 valence electrons. The number of benzene rings is 2. The van der Waals surface area contributed by atoms with Crippen LogP contribution in [0.25, 0.3) is 0 Å². The molecule has 4 nitrogen and oxygen atoms in total. The summed E-state index contributed by atoms with van der Waals surface area (Å²) in [4.78, 5) is 11.8. The molecule has 1 amide bonds. The first kappa shape index (κ1) is 16.1. The van der Waals surface area contributed by atoms with E-state index in [1.54, 1.807) is 24.3 Å². The molecule has 22 heavy (non-hydrogen) atoms. The molecule has 0 aliphatic heterocycles. The standard InChI is InChI=1S/C16H15ClFNO3/c1-2-21-12-4-6-13(7-5-12)22-10-16(20)19-11-3-8-15(18)14(17)9-11/h3-9H,2,10H2,1H3,(H,19,20). The van der Waals surface area contributed by atoms with Crippen LogP contribution in [0.4, 0.5) is 10.1 Å². The first-order valence-electron chi connectivity index (χ1n) is 6.69. The van der Waals surface area contributed by atoms with Crippen molar-refractivity contribution >= 4 is 23.2 Å². The number of nitrogens with one attached hydrogen (secondary N) is 1. The predicted molar refractivity (Wildman–Crippen MR) is 83.1 cm³/mol. The van der Waals surface area contributed by atoms with Crippen molar-refractivity contribution in [2.75, 3.05) is 18.5 Å². The van der Waals surface area contributed by atoms with Crippen LogP contribution in [0, 0.1) is 5.82 Å². The molecule has 0 heterocycles. The van der Waals surface area contributed by atoms with Crippen molar-refractivity contribution < 1.29 is 18.7 Å². The zero-order valence-electron chi connectivity index (χ0n) is 11.9. The van der Waals surface area contributed by atoms with Crippen LogP contribution in [0.3, 0.4) is 0 Å². The van der Waals surface area contributed by atoms with Crippen molar-refractivity contribution in [3.05, 3.63) is 53.3 Å². The Hall–Kier alpha value is -2.27. The molecule has 0 atom stereocenters. The lowest BCUT2D eigenvalue weighted by molar-refractivity contribution is -0.118. The average Bonchev–Trinajstić information content (AvgIpc) is 2.51. The fourth-order valence-corrected chi connectivity index (χ4v) is 1.90. The maximum absolute atomic E-state index is 13.0. The SMILES string of the molecule is CCOc1ccc(OCC(=O)Nc2ccc(F)c(Cl)c2)cc1. The smallest absolute Gasteiger partial charge is 0.262 e. The number of halogens is 2. The lowest BCUT2D eigenvalue weighted by atomic mass is 10.3. The molecule has 0 spiro atoms. The summed E-state index contributed by atoms with van der Waals surface area (Å²) < 4.78 is 23.7. The third-order valence-corrected chi connectivity index (χ3v) is 3.00. The zero-order chi connectivity index (χ0) is 15.9. The number of carbonyl (C=O) groups excluding carboxylic acids is 1. The minimum atomic E-state index is -0.537. The Kier molecular flexibility index (Phi) is 5.61. The Morgan fingerprint density at radius 1 is 1.14 bits per heavy atom. The van der Waals surface area contributed by atoms with E-state index in [1.807, 2.05) is 6.92 Å². The molecule has 1 N–H and O–H groups in total. The average molecular weight is 324 g/mol. The normalized spacial score (nSPS) is 10.1. The number of anilines is 1. The van der Waals surface area contributed by atoms with Crippen LogP contribution in [0.2, 0.25) is 5.02 Å². The van der Waals surface area contributed by atoms with E-state index in [-0.39, 0.29) is 17.5 Å². The van der Waals surface area contributed by atoms with E-state index in [4.69, 9.17) is 21.1 Å². The summed E-state index contributed by atoms with van der Waals surface area (Å²) in [6.45, 7) is 2.32. The topological polar surface area (TPSA) is 47.6 Å². The Morgan fingerprint density at radius 3 is 2.36 bits per heavy atom. The molecular formula is C16H15ClFNO3. The van der Waals surface area contributed by atoms with Gasteiger partial charge in [0.25, 0.3) is 5.91 Å². The summed E-state index contributed by atoms with van der Waals surface area (Å²) in [5.74, 6) is 0.387. The number of amides is 1. The Bertz CT molecular complexity index is 646. The van der Waals surface area contributed by atoms with Gasteiger partial charge in [-0.15, -0.1) is 0 Å². The van der Waals surface area contributed by atoms with Gasteiger partial charge in [-0.2, -0.15) is 0 Å². The second kappa shape index (κ2) is 7.66. The van der Waals surface area contributed by atoms with Gasteiger partial charge in [-0.05, 0) is 49.4 Å². The lowest BCUT2D eigenvalue weighted by Crippen LogP contribution is -2.20. The van der Waals surface area contributed by atoms with Crippen molar-refractivity contribution in [1.29, 1.82) is 0 Å². The molecule has 2 aromatic rings. The van der Waals surface area contributed by atoms with E-state index in [1.165, 1.54) is 18.2 Å². The number of ether oxygens (including phenoxy) is 2. The van der Waals surface area contributed by atoms with Crippen molar-refractivity contribution in [2.24, 2.45) is 0 Å². The van der Waals surface area contributed by atoms with E-state index in [0.29, 0.717) is 18.0 Å². The van der Waals surface area contributed by atoms with Crippen molar-refractivity contribution in [1.82, 2.24) is 0 Å². The summed E-state index contributed by atoms with van der Waals surface area (Å²) in [5.41, 5.74) is 0.409. The molecule has 0 aliphatic carbocycles. The van der Waals surface area contributed by atoms with Gasteiger partial charge in [-0.25, -0.2) is 4.39 Å². The minimum Gasteiger partial charge on any atom is -0.494 e. The second-order valence-electron chi connectivity index (χ2n) is 4.37. The number of hydrogen-bond acceptors (Lipinski definition) is 3. The van der Waals surface area contributed by atoms with Crippen molar-refractivity contribution in [2.45, 2.75) is 6.92 Å². The molecule has 0 radical (unpaired) electrons. The molecule has 0 bridgehead atoms. The van der Waals surface area contributed by atoms with E-state index in [2.05, 4.69) is 5.32 Å². The highest BCUT2D eigenvalue weighted by molar-refractivity contribution is 6.31. The predicted octanol–water partition coefficient (Wildman–Crippen LogP) is 3.90. The van der Waals surface area contributed by atoms with Crippen LogP contribution >= 0.6 is 11.6 Å². The second-order valence-corrected chi connectivity index (χ2v) is 4.78. The maximum atomic E-state index is 13.0. The van der Waals surface area contributed by atoms with Gasteiger partial charge < -0.3 is 14.8 Å². The van der Waals surface area contributed by atoms with Gasteiger partial charge in [0.1, 0.15) is 17.3 Å². The van der Waals surface area contributed by atoms with Crippen LogP contribution in [-0.4, -0.2) is 19.1 Å². The number of rotatable bonds is 6. The molecule has 0 fully saturated rings. The summed E-state index contributed by atoms with van der Waals surface area (Å²) in [6, 6.07) is 10.9. The molecule has 0 saturated carbocycles.